The molecule has 1 aromatic heterocycles. The van der Waals surface area contributed by atoms with Crippen molar-refractivity contribution < 1.29 is 17.4 Å². The van der Waals surface area contributed by atoms with Gasteiger partial charge in [0, 0.05) is 52.3 Å². The van der Waals surface area contributed by atoms with Gasteiger partial charge in [0.15, 0.2) is 0 Å². The number of nitrogens with zero attached hydrogens (tertiary/aromatic N) is 1. The van der Waals surface area contributed by atoms with Crippen molar-refractivity contribution in [3.8, 4) is 21.0 Å². The Morgan fingerprint density at radius 2 is 1.79 bits per heavy atom. The molecule has 1 atom stereocenters. The zero-order chi connectivity index (χ0) is 24.6. The van der Waals surface area contributed by atoms with Gasteiger partial charge >= 0.3 is 0 Å². The van der Waals surface area contributed by atoms with Crippen LogP contribution in [0.15, 0.2) is 52.4 Å². The standard InChI is InChI=1S/C22H26N4O4S3/c1-13(27)25-15-7-9-16(19(11-15)32(5)28)18-12-24-21(31-18)17-8-6-14(23)10-20(17)33(29,30)26-22(2,3)4/h6-12,26H,23H2,1-5H3,(H,25,27). The van der Waals surface area contributed by atoms with Crippen LogP contribution in [0.4, 0.5) is 11.4 Å². The van der Waals surface area contributed by atoms with Crippen molar-refractivity contribution in [2.45, 2.75) is 43.0 Å². The van der Waals surface area contributed by atoms with Crippen LogP contribution in [0.3, 0.4) is 0 Å². The van der Waals surface area contributed by atoms with E-state index >= 15 is 0 Å². The molecule has 1 unspecified atom stereocenters. The molecular weight excluding hydrogens is 480 g/mol. The third-order valence-electron chi connectivity index (χ3n) is 4.35. The third kappa shape index (κ3) is 6.05. The zero-order valence-electron chi connectivity index (χ0n) is 18.9. The molecule has 1 amide bonds. The lowest BCUT2D eigenvalue weighted by molar-refractivity contribution is -0.114. The number of aromatic nitrogens is 1. The van der Waals surface area contributed by atoms with Gasteiger partial charge in [-0.25, -0.2) is 18.1 Å². The molecule has 0 saturated heterocycles. The predicted molar refractivity (Wildman–Crippen MR) is 134 cm³/mol. The molecule has 11 heteroatoms. The van der Waals surface area contributed by atoms with Crippen molar-refractivity contribution in [1.82, 2.24) is 9.71 Å². The summed E-state index contributed by atoms with van der Waals surface area (Å²) in [6, 6.07) is 9.83. The number of nitrogen functional groups attached to an aromatic ring is 1. The number of carbonyl (C=O) groups excluding carboxylic acids is 1. The molecule has 0 spiro atoms. The summed E-state index contributed by atoms with van der Waals surface area (Å²) < 4.78 is 41.2. The maximum absolute atomic E-state index is 13.1. The molecule has 3 rings (SSSR count). The van der Waals surface area contributed by atoms with Gasteiger partial charge in [-0.3, -0.25) is 9.00 Å². The van der Waals surface area contributed by atoms with Gasteiger partial charge in [-0.05, 0) is 51.1 Å². The Bertz CT molecular complexity index is 1340. The predicted octanol–water partition coefficient (Wildman–Crippen LogP) is 3.83. The van der Waals surface area contributed by atoms with Crippen molar-refractivity contribution in [3.63, 3.8) is 0 Å². The SMILES string of the molecule is CC(=O)Nc1ccc(-c2cnc(-c3ccc(N)cc3S(=O)(=O)NC(C)(C)C)s2)c(S(C)=O)c1. The average molecular weight is 507 g/mol. The summed E-state index contributed by atoms with van der Waals surface area (Å²) in [5, 5.41) is 3.17. The second kappa shape index (κ2) is 9.34. The van der Waals surface area contributed by atoms with Crippen molar-refractivity contribution in [1.29, 1.82) is 0 Å². The minimum Gasteiger partial charge on any atom is -0.399 e. The Hall–Kier alpha value is -2.60. The molecule has 2 aromatic carbocycles. The second-order valence-electron chi connectivity index (χ2n) is 8.49. The average Bonchev–Trinajstić information content (AvgIpc) is 3.15. The number of carbonyl (C=O) groups is 1. The fourth-order valence-electron chi connectivity index (χ4n) is 3.16. The van der Waals surface area contributed by atoms with Gasteiger partial charge in [0.25, 0.3) is 0 Å². The Labute approximate surface area is 200 Å². The summed E-state index contributed by atoms with van der Waals surface area (Å²) in [5.74, 6) is -0.225. The first-order chi connectivity index (χ1) is 15.3. The van der Waals surface area contributed by atoms with Gasteiger partial charge in [0.1, 0.15) is 5.01 Å². The molecule has 0 aliphatic heterocycles. The highest BCUT2D eigenvalue weighted by atomic mass is 32.2. The Kier molecular flexibility index (Phi) is 7.08. The largest absolute Gasteiger partial charge is 0.399 e. The van der Waals surface area contributed by atoms with Crippen LogP contribution in [0.2, 0.25) is 0 Å². The molecule has 33 heavy (non-hydrogen) atoms. The van der Waals surface area contributed by atoms with Crippen LogP contribution in [-0.2, 0) is 25.6 Å². The molecule has 0 radical (unpaired) electrons. The molecule has 3 aromatic rings. The summed E-state index contributed by atoms with van der Waals surface area (Å²) in [6.45, 7) is 6.68. The number of sulfonamides is 1. The highest BCUT2D eigenvalue weighted by Crippen LogP contribution is 2.38. The number of hydrogen-bond acceptors (Lipinski definition) is 7. The third-order valence-corrected chi connectivity index (χ3v) is 8.17. The maximum Gasteiger partial charge on any atom is 0.241 e. The molecule has 4 N–H and O–H groups in total. The van der Waals surface area contributed by atoms with E-state index in [2.05, 4.69) is 15.0 Å². The van der Waals surface area contributed by atoms with Crippen LogP contribution >= 0.6 is 11.3 Å². The van der Waals surface area contributed by atoms with E-state index in [1.54, 1.807) is 63.6 Å². The van der Waals surface area contributed by atoms with E-state index in [-0.39, 0.29) is 10.8 Å². The van der Waals surface area contributed by atoms with Gasteiger partial charge in [0.05, 0.1) is 20.6 Å². The molecule has 1 heterocycles. The van der Waals surface area contributed by atoms with Gasteiger partial charge in [-0.15, -0.1) is 11.3 Å². The van der Waals surface area contributed by atoms with Crippen molar-refractivity contribution in [2.75, 3.05) is 17.3 Å². The van der Waals surface area contributed by atoms with Crippen LogP contribution in [-0.4, -0.2) is 35.3 Å². The Morgan fingerprint density at radius 1 is 1.12 bits per heavy atom. The molecule has 0 aliphatic rings. The quantitative estimate of drug-likeness (QED) is 0.436. The number of rotatable bonds is 6. The number of hydrogen-bond donors (Lipinski definition) is 3. The van der Waals surface area contributed by atoms with Crippen LogP contribution in [0.1, 0.15) is 27.7 Å². The normalized spacial score (nSPS) is 13.0. The van der Waals surface area contributed by atoms with Gasteiger partial charge in [-0.2, -0.15) is 0 Å². The monoisotopic (exact) mass is 506 g/mol. The summed E-state index contributed by atoms with van der Waals surface area (Å²) >= 11 is 1.28. The van der Waals surface area contributed by atoms with Gasteiger partial charge < -0.3 is 11.1 Å². The molecule has 0 aliphatic carbocycles. The Morgan fingerprint density at radius 3 is 2.39 bits per heavy atom. The van der Waals surface area contributed by atoms with Crippen molar-refractivity contribution >= 4 is 49.4 Å². The van der Waals surface area contributed by atoms with Crippen LogP contribution in [0.25, 0.3) is 21.0 Å². The van der Waals surface area contributed by atoms with E-state index in [0.717, 1.165) is 0 Å². The number of nitrogens with two attached hydrogens (primary N) is 1. The first-order valence-electron chi connectivity index (χ1n) is 9.92. The molecule has 8 nitrogen and oxygen atoms in total. The van der Waals surface area contributed by atoms with Gasteiger partial charge in [0.2, 0.25) is 15.9 Å². The van der Waals surface area contributed by atoms with E-state index < -0.39 is 26.4 Å². The van der Waals surface area contributed by atoms with E-state index in [1.807, 2.05) is 0 Å². The van der Waals surface area contributed by atoms with E-state index in [0.29, 0.717) is 37.3 Å². The number of benzene rings is 2. The molecule has 0 bridgehead atoms. The number of amides is 1. The van der Waals surface area contributed by atoms with E-state index in [9.17, 15) is 17.4 Å². The summed E-state index contributed by atoms with van der Waals surface area (Å²) in [6.07, 6.45) is 3.18. The lowest BCUT2D eigenvalue weighted by atomic mass is 10.1. The van der Waals surface area contributed by atoms with Crippen LogP contribution in [0.5, 0.6) is 0 Å². The minimum atomic E-state index is -3.87. The lowest BCUT2D eigenvalue weighted by Crippen LogP contribution is -2.40. The fraction of sp³-hybridized carbons (Fsp3) is 0.273. The van der Waals surface area contributed by atoms with Crippen LogP contribution < -0.4 is 15.8 Å². The van der Waals surface area contributed by atoms with E-state index in [1.165, 1.54) is 24.3 Å². The first-order valence-corrected chi connectivity index (χ1v) is 13.8. The molecular formula is C22H26N4O4S3. The highest BCUT2D eigenvalue weighted by molar-refractivity contribution is 7.89. The first kappa shape index (κ1) is 25.0. The minimum absolute atomic E-state index is 0.0404. The van der Waals surface area contributed by atoms with Gasteiger partial charge in [-0.1, -0.05) is 6.07 Å². The number of anilines is 2. The smallest absolute Gasteiger partial charge is 0.241 e. The summed E-state index contributed by atoms with van der Waals surface area (Å²) in [7, 11) is -5.19. The van der Waals surface area contributed by atoms with E-state index in [4.69, 9.17) is 5.73 Å². The number of nitrogens with one attached hydrogen (secondary N) is 2. The molecule has 0 saturated carbocycles. The summed E-state index contributed by atoms with van der Waals surface area (Å²) in [4.78, 5) is 17.1. The zero-order valence-corrected chi connectivity index (χ0v) is 21.4. The highest BCUT2D eigenvalue weighted by Gasteiger charge is 2.26. The fourth-order valence-corrected chi connectivity index (χ4v) is 6.73. The lowest BCUT2D eigenvalue weighted by Gasteiger charge is -2.21. The Balaban J connectivity index is 2.10. The van der Waals surface area contributed by atoms with Crippen LogP contribution in [0, 0.1) is 0 Å². The molecule has 176 valence electrons. The second-order valence-corrected chi connectivity index (χ2v) is 12.5. The van der Waals surface area contributed by atoms with Crippen molar-refractivity contribution in [3.05, 3.63) is 42.6 Å². The number of thiazole rings is 1. The maximum atomic E-state index is 13.1. The molecule has 0 fully saturated rings. The topological polar surface area (TPSA) is 131 Å². The van der Waals surface area contributed by atoms with Crippen molar-refractivity contribution in [2.24, 2.45) is 0 Å². The summed E-state index contributed by atoms with van der Waals surface area (Å²) in [5.41, 5.74) is 7.20.